The maximum Gasteiger partial charge on any atom is 0.313 e. The van der Waals surface area contributed by atoms with E-state index in [0.29, 0.717) is 16.4 Å². The van der Waals surface area contributed by atoms with Crippen LogP contribution in [0.15, 0.2) is 23.4 Å². The van der Waals surface area contributed by atoms with Crippen LogP contribution in [0.3, 0.4) is 0 Å². The Morgan fingerprint density at radius 1 is 1.58 bits per heavy atom. The monoisotopic (exact) mass is 295 g/mol. The lowest BCUT2D eigenvalue weighted by atomic mass is 10.2. The summed E-state index contributed by atoms with van der Waals surface area (Å²) in [5, 5.41) is 29.0. The van der Waals surface area contributed by atoms with Crippen LogP contribution in [0.25, 0.3) is 5.69 Å². The van der Waals surface area contributed by atoms with E-state index < -0.39 is 5.97 Å². The van der Waals surface area contributed by atoms with Crippen molar-refractivity contribution in [3.63, 3.8) is 0 Å². The van der Waals surface area contributed by atoms with Crippen molar-refractivity contribution in [3.8, 4) is 11.8 Å². The summed E-state index contributed by atoms with van der Waals surface area (Å²) in [5.41, 5.74) is 0.903. The van der Waals surface area contributed by atoms with Crippen LogP contribution in [0.2, 0.25) is 5.02 Å². The third-order valence-corrected chi connectivity index (χ3v) is 3.30. The fourth-order valence-electron chi connectivity index (χ4n) is 1.28. The Morgan fingerprint density at radius 2 is 2.37 bits per heavy atom. The average Bonchev–Trinajstić information content (AvgIpc) is 2.84. The van der Waals surface area contributed by atoms with E-state index >= 15 is 0 Å². The molecule has 0 fully saturated rings. The SMILES string of the molecule is N#Cc1ccc(-n2nnnc2SCC(=O)O)cc1Cl. The van der Waals surface area contributed by atoms with Crippen LogP contribution in [-0.4, -0.2) is 37.0 Å². The highest BCUT2D eigenvalue weighted by atomic mass is 35.5. The van der Waals surface area contributed by atoms with E-state index in [-0.39, 0.29) is 10.8 Å². The molecule has 0 aliphatic heterocycles. The summed E-state index contributed by atoms with van der Waals surface area (Å²) >= 11 is 6.91. The molecular formula is C10H6ClN5O2S. The maximum atomic E-state index is 10.5. The van der Waals surface area contributed by atoms with Gasteiger partial charge in [0.2, 0.25) is 5.16 Å². The van der Waals surface area contributed by atoms with Crippen LogP contribution < -0.4 is 0 Å². The van der Waals surface area contributed by atoms with Gasteiger partial charge >= 0.3 is 5.97 Å². The predicted molar refractivity (Wildman–Crippen MR) is 67.2 cm³/mol. The molecule has 0 bridgehead atoms. The minimum atomic E-state index is -0.961. The Morgan fingerprint density at radius 3 is 3.00 bits per heavy atom. The van der Waals surface area contributed by atoms with E-state index in [1.807, 2.05) is 6.07 Å². The van der Waals surface area contributed by atoms with E-state index in [2.05, 4.69) is 15.5 Å². The van der Waals surface area contributed by atoms with Crippen molar-refractivity contribution in [1.82, 2.24) is 20.2 Å². The van der Waals surface area contributed by atoms with Crippen molar-refractivity contribution in [2.24, 2.45) is 0 Å². The van der Waals surface area contributed by atoms with Crippen LogP contribution in [0.5, 0.6) is 0 Å². The number of nitriles is 1. The topological polar surface area (TPSA) is 105 Å². The zero-order valence-electron chi connectivity index (χ0n) is 9.32. The van der Waals surface area contributed by atoms with Gasteiger partial charge in [-0.1, -0.05) is 23.4 Å². The average molecular weight is 296 g/mol. The van der Waals surface area contributed by atoms with Gasteiger partial charge < -0.3 is 5.11 Å². The first-order valence-corrected chi connectivity index (χ1v) is 6.31. The number of hydrogen-bond acceptors (Lipinski definition) is 6. The van der Waals surface area contributed by atoms with Crippen molar-refractivity contribution in [3.05, 3.63) is 28.8 Å². The zero-order valence-corrected chi connectivity index (χ0v) is 10.9. The first-order chi connectivity index (χ1) is 9.11. The third-order valence-electron chi connectivity index (χ3n) is 2.08. The molecule has 0 saturated heterocycles. The summed E-state index contributed by atoms with van der Waals surface area (Å²) in [6, 6.07) is 6.67. The minimum Gasteiger partial charge on any atom is -0.481 e. The normalized spacial score (nSPS) is 10.1. The molecule has 0 atom stereocenters. The Bertz CT molecular complexity index is 666. The molecule has 1 aromatic carbocycles. The predicted octanol–water partition coefficient (Wildman–Crippen LogP) is 1.36. The smallest absolute Gasteiger partial charge is 0.313 e. The maximum absolute atomic E-state index is 10.5. The van der Waals surface area contributed by atoms with Gasteiger partial charge in [-0.15, -0.1) is 5.10 Å². The number of nitrogens with zero attached hydrogens (tertiary/aromatic N) is 5. The standard InChI is InChI=1S/C10H6ClN5O2S/c11-8-3-7(2-1-6(8)4-12)16-10(13-14-15-16)19-5-9(17)18/h1-3H,5H2,(H,17,18). The van der Waals surface area contributed by atoms with Gasteiger partial charge in [0.15, 0.2) is 0 Å². The van der Waals surface area contributed by atoms with E-state index in [9.17, 15) is 4.79 Å². The molecule has 96 valence electrons. The van der Waals surface area contributed by atoms with Crippen LogP contribution in [-0.2, 0) is 4.79 Å². The molecule has 19 heavy (non-hydrogen) atoms. The van der Waals surface area contributed by atoms with Crippen molar-refractivity contribution in [2.45, 2.75) is 5.16 Å². The summed E-state index contributed by atoms with van der Waals surface area (Å²) in [7, 11) is 0. The molecule has 0 amide bonds. The second-order valence-electron chi connectivity index (χ2n) is 3.33. The second kappa shape index (κ2) is 5.69. The quantitative estimate of drug-likeness (QED) is 0.849. The van der Waals surface area contributed by atoms with Gasteiger partial charge in [-0.3, -0.25) is 4.79 Å². The van der Waals surface area contributed by atoms with E-state index in [1.165, 1.54) is 4.68 Å². The number of aliphatic carboxylic acids is 1. The molecule has 1 N–H and O–H groups in total. The molecule has 0 aliphatic carbocycles. The lowest BCUT2D eigenvalue weighted by molar-refractivity contribution is -0.133. The lowest BCUT2D eigenvalue weighted by Crippen LogP contribution is -2.03. The first-order valence-electron chi connectivity index (χ1n) is 4.95. The molecule has 9 heteroatoms. The largest absolute Gasteiger partial charge is 0.481 e. The van der Waals surface area contributed by atoms with Crippen LogP contribution in [0, 0.1) is 11.3 Å². The third kappa shape index (κ3) is 3.01. The Kier molecular flexibility index (Phi) is 3.99. The van der Waals surface area contributed by atoms with E-state index in [1.54, 1.807) is 18.2 Å². The lowest BCUT2D eigenvalue weighted by Gasteiger charge is -2.04. The first kappa shape index (κ1) is 13.3. The van der Waals surface area contributed by atoms with E-state index in [4.69, 9.17) is 22.0 Å². The number of halogens is 1. The van der Waals surface area contributed by atoms with Crippen molar-refractivity contribution in [1.29, 1.82) is 5.26 Å². The molecule has 0 unspecified atom stereocenters. The van der Waals surface area contributed by atoms with Gasteiger partial charge in [0.05, 0.1) is 22.0 Å². The van der Waals surface area contributed by atoms with Crippen molar-refractivity contribution >= 4 is 29.3 Å². The Labute approximate surface area is 116 Å². The van der Waals surface area contributed by atoms with Gasteiger partial charge in [0.1, 0.15) is 6.07 Å². The number of benzene rings is 1. The van der Waals surface area contributed by atoms with Crippen LogP contribution in [0.1, 0.15) is 5.56 Å². The summed E-state index contributed by atoms with van der Waals surface area (Å²) in [5.74, 6) is -1.11. The molecule has 0 saturated carbocycles. The molecule has 0 spiro atoms. The molecule has 2 rings (SSSR count). The van der Waals surface area contributed by atoms with Gasteiger partial charge in [-0.25, -0.2) is 0 Å². The van der Waals surface area contributed by atoms with Crippen molar-refractivity contribution < 1.29 is 9.90 Å². The number of aromatic nitrogens is 4. The van der Waals surface area contributed by atoms with Gasteiger partial charge in [-0.05, 0) is 28.6 Å². The minimum absolute atomic E-state index is 0.148. The van der Waals surface area contributed by atoms with Crippen molar-refractivity contribution in [2.75, 3.05) is 5.75 Å². The van der Waals surface area contributed by atoms with Crippen LogP contribution in [0.4, 0.5) is 0 Å². The second-order valence-corrected chi connectivity index (χ2v) is 4.68. The number of rotatable bonds is 4. The highest BCUT2D eigenvalue weighted by molar-refractivity contribution is 7.99. The molecule has 0 radical (unpaired) electrons. The molecule has 7 nitrogen and oxygen atoms in total. The zero-order chi connectivity index (χ0) is 13.8. The number of thioether (sulfide) groups is 1. The summed E-state index contributed by atoms with van der Waals surface area (Å²) in [6.45, 7) is 0. The van der Waals surface area contributed by atoms with E-state index in [0.717, 1.165) is 11.8 Å². The fraction of sp³-hybridized carbons (Fsp3) is 0.100. The molecule has 1 heterocycles. The Balaban J connectivity index is 2.32. The molecular weight excluding hydrogens is 290 g/mol. The molecule has 2 aromatic rings. The summed E-state index contributed by atoms with van der Waals surface area (Å²) in [6.07, 6.45) is 0. The Hall–Kier alpha value is -2.11. The fourth-order valence-corrected chi connectivity index (χ4v) is 2.11. The summed E-state index contributed by atoms with van der Waals surface area (Å²) < 4.78 is 1.36. The van der Waals surface area contributed by atoms with Gasteiger partial charge in [0, 0.05) is 0 Å². The number of carbonyl (C=O) groups is 1. The number of carboxylic acid groups (broad SMARTS) is 1. The molecule has 0 aliphatic rings. The number of tetrazole rings is 1. The van der Waals surface area contributed by atoms with Crippen LogP contribution >= 0.6 is 23.4 Å². The molecule has 1 aromatic heterocycles. The van der Waals surface area contributed by atoms with Gasteiger partial charge in [0.25, 0.3) is 0 Å². The number of carboxylic acids is 1. The number of hydrogen-bond donors (Lipinski definition) is 1. The van der Waals surface area contributed by atoms with Gasteiger partial charge in [-0.2, -0.15) is 9.94 Å². The highest BCUT2D eigenvalue weighted by Gasteiger charge is 2.12. The summed E-state index contributed by atoms with van der Waals surface area (Å²) in [4.78, 5) is 10.5. The highest BCUT2D eigenvalue weighted by Crippen LogP contribution is 2.22.